The maximum Gasteiger partial charge on any atom is 0.286 e. The molecule has 5 heterocycles. The minimum Gasteiger partial charge on any atom is -0.459 e. The molecule has 1 N–H and O–H groups in total. The van der Waals surface area contributed by atoms with Crippen LogP contribution in [0.5, 0.6) is 0 Å². The van der Waals surface area contributed by atoms with Crippen LogP contribution in [0.3, 0.4) is 0 Å². The summed E-state index contributed by atoms with van der Waals surface area (Å²) in [7, 11) is 3.96. The zero-order valence-electron chi connectivity index (χ0n) is 16.2. The van der Waals surface area contributed by atoms with Crippen molar-refractivity contribution in [3.8, 4) is 0 Å². The highest BCUT2D eigenvalue weighted by molar-refractivity contribution is 5.91. The van der Waals surface area contributed by atoms with Crippen molar-refractivity contribution in [2.24, 2.45) is 11.8 Å². The van der Waals surface area contributed by atoms with E-state index < -0.39 is 0 Å². The lowest BCUT2D eigenvalue weighted by Gasteiger charge is -2.29. The van der Waals surface area contributed by atoms with Crippen LogP contribution in [0, 0.1) is 11.8 Å². The highest BCUT2D eigenvalue weighted by Gasteiger charge is 2.63. The molecular formula is C20H25N5O3. The molecule has 2 aromatic heterocycles. The van der Waals surface area contributed by atoms with Gasteiger partial charge in [-0.2, -0.15) is 0 Å². The summed E-state index contributed by atoms with van der Waals surface area (Å²) in [6, 6.07) is 5.43. The zero-order valence-corrected chi connectivity index (χ0v) is 16.2. The smallest absolute Gasteiger partial charge is 0.286 e. The fraction of sp³-hybridized carbons (Fsp3) is 0.550. The molecule has 3 aliphatic rings. The maximum atomic E-state index is 12.3. The fourth-order valence-corrected chi connectivity index (χ4v) is 5.10. The first-order valence-electron chi connectivity index (χ1n) is 9.79. The van der Waals surface area contributed by atoms with Gasteiger partial charge in [0.2, 0.25) is 0 Å². The minimum atomic E-state index is -0.164. The van der Waals surface area contributed by atoms with Crippen LogP contribution < -0.4 is 15.1 Å². The molecule has 0 aliphatic carbocycles. The first-order chi connectivity index (χ1) is 13.6. The lowest BCUT2D eigenvalue weighted by atomic mass is 9.73. The molecule has 2 bridgehead atoms. The van der Waals surface area contributed by atoms with Crippen LogP contribution in [-0.2, 0) is 4.74 Å². The Morgan fingerprint density at radius 2 is 2.32 bits per heavy atom. The van der Waals surface area contributed by atoms with Crippen LogP contribution >= 0.6 is 0 Å². The van der Waals surface area contributed by atoms with Crippen molar-refractivity contribution in [1.29, 1.82) is 0 Å². The normalized spacial score (nSPS) is 30.5. The van der Waals surface area contributed by atoms with Crippen molar-refractivity contribution >= 4 is 17.5 Å². The molecule has 4 atom stereocenters. The molecule has 1 spiro atoms. The van der Waals surface area contributed by atoms with Crippen molar-refractivity contribution in [2.45, 2.75) is 24.5 Å². The maximum absolute atomic E-state index is 12.3. The SMILES string of the molecule is CN(C)c1cc(N2C[C@@H]3[C@H](CNC(=O)c4ccco4)[C@H]4CC[C@]3(C2)O4)ncn1. The molecule has 148 valence electrons. The summed E-state index contributed by atoms with van der Waals surface area (Å²) >= 11 is 0. The van der Waals surface area contributed by atoms with Gasteiger partial charge in [-0.3, -0.25) is 4.79 Å². The molecule has 2 aromatic rings. The third-order valence-electron chi connectivity index (χ3n) is 6.45. The number of nitrogens with zero attached hydrogens (tertiary/aromatic N) is 4. The summed E-state index contributed by atoms with van der Waals surface area (Å²) in [5, 5.41) is 3.04. The van der Waals surface area contributed by atoms with Gasteiger partial charge in [0, 0.05) is 51.6 Å². The molecule has 5 rings (SSSR count). The molecule has 3 fully saturated rings. The number of furan rings is 1. The largest absolute Gasteiger partial charge is 0.459 e. The van der Waals surface area contributed by atoms with Gasteiger partial charge in [0.1, 0.15) is 18.0 Å². The van der Waals surface area contributed by atoms with Crippen molar-refractivity contribution in [3.63, 3.8) is 0 Å². The summed E-state index contributed by atoms with van der Waals surface area (Å²) < 4.78 is 11.7. The Balaban J connectivity index is 1.31. The molecule has 0 unspecified atom stereocenters. The summed E-state index contributed by atoms with van der Waals surface area (Å²) in [5.41, 5.74) is -0.117. The lowest BCUT2D eigenvalue weighted by Crippen LogP contribution is -2.41. The van der Waals surface area contributed by atoms with Gasteiger partial charge >= 0.3 is 0 Å². The predicted octanol–water partition coefficient (Wildman–Crippen LogP) is 1.55. The van der Waals surface area contributed by atoms with Crippen molar-refractivity contribution in [2.75, 3.05) is 43.5 Å². The monoisotopic (exact) mass is 383 g/mol. The molecule has 0 radical (unpaired) electrons. The number of hydrogen-bond acceptors (Lipinski definition) is 7. The molecule has 3 saturated heterocycles. The Kier molecular flexibility index (Phi) is 4.04. The van der Waals surface area contributed by atoms with E-state index in [9.17, 15) is 4.79 Å². The van der Waals surface area contributed by atoms with E-state index in [-0.39, 0.29) is 17.6 Å². The topological polar surface area (TPSA) is 83.7 Å². The number of ether oxygens (including phenoxy) is 1. The van der Waals surface area contributed by atoms with Crippen LogP contribution in [0.2, 0.25) is 0 Å². The third kappa shape index (κ3) is 2.74. The van der Waals surface area contributed by atoms with Gasteiger partial charge in [0.05, 0.1) is 18.0 Å². The van der Waals surface area contributed by atoms with Crippen LogP contribution in [0.4, 0.5) is 11.6 Å². The number of amides is 1. The van der Waals surface area contributed by atoms with E-state index in [1.165, 1.54) is 6.26 Å². The predicted molar refractivity (Wildman–Crippen MR) is 103 cm³/mol. The Bertz CT molecular complexity index is 870. The van der Waals surface area contributed by atoms with Gasteiger partial charge in [-0.25, -0.2) is 9.97 Å². The van der Waals surface area contributed by atoms with Gasteiger partial charge in [0.25, 0.3) is 5.91 Å². The lowest BCUT2D eigenvalue weighted by molar-refractivity contribution is 0.0141. The highest BCUT2D eigenvalue weighted by Crippen LogP contribution is 2.55. The van der Waals surface area contributed by atoms with E-state index in [2.05, 4.69) is 20.2 Å². The van der Waals surface area contributed by atoms with Crippen molar-refractivity contribution in [1.82, 2.24) is 15.3 Å². The zero-order chi connectivity index (χ0) is 19.3. The first kappa shape index (κ1) is 17.5. The molecule has 0 saturated carbocycles. The van der Waals surface area contributed by atoms with Crippen LogP contribution in [0.1, 0.15) is 23.4 Å². The van der Waals surface area contributed by atoms with Crippen LogP contribution in [-0.4, -0.2) is 61.3 Å². The average Bonchev–Trinajstić information content (AvgIpc) is 3.46. The Morgan fingerprint density at radius 1 is 1.43 bits per heavy atom. The summed E-state index contributed by atoms with van der Waals surface area (Å²) in [5.74, 6) is 2.72. The van der Waals surface area contributed by atoms with E-state index in [1.54, 1.807) is 18.5 Å². The molecule has 0 aromatic carbocycles. The summed E-state index contributed by atoms with van der Waals surface area (Å²) in [6.07, 6.45) is 5.50. The van der Waals surface area contributed by atoms with E-state index in [0.29, 0.717) is 24.1 Å². The number of hydrogen-bond donors (Lipinski definition) is 1. The van der Waals surface area contributed by atoms with E-state index >= 15 is 0 Å². The van der Waals surface area contributed by atoms with E-state index in [0.717, 1.165) is 37.6 Å². The number of fused-ring (bicyclic) bond motifs is 1. The van der Waals surface area contributed by atoms with Gasteiger partial charge in [-0.1, -0.05) is 0 Å². The average molecular weight is 383 g/mol. The number of carbonyl (C=O) groups excluding carboxylic acids is 1. The summed E-state index contributed by atoms with van der Waals surface area (Å²) in [4.78, 5) is 25.4. The van der Waals surface area contributed by atoms with Gasteiger partial charge in [-0.05, 0) is 25.0 Å². The molecule has 8 heteroatoms. The van der Waals surface area contributed by atoms with Gasteiger partial charge < -0.3 is 24.3 Å². The van der Waals surface area contributed by atoms with E-state index in [4.69, 9.17) is 9.15 Å². The standard InChI is InChI=1S/C20H25N5O3/c1-24(2)17-8-18(23-12-22-17)25-10-14-13(15-5-6-20(14,11-25)28-15)9-21-19(26)16-4-3-7-27-16/h3-4,7-8,12-15H,5-6,9-11H2,1-2H3,(H,21,26)/t13-,14+,15+,20+/m0/s1. The Morgan fingerprint density at radius 3 is 3.11 bits per heavy atom. The third-order valence-corrected chi connectivity index (χ3v) is 6.45. The minimum absolute atomic E-state index is 0.117. The number of nitrogens with one attached hydrogen (secondary N) is 1. The number of rotatable bonds is 5. The van der Waals surface area contributed by atoms with Crippen LogP contribution in [0.25, 0.3) is 0 Å². The molecule has 28 heavy (non-hydrogen) atoms. The van der Waals surface area contributed by atoms with Gasteiger partial charge in [0.15, 0.2) is 5.76 Å². The summed E-state index contributed by atoms with van der Waals surface area (Å²) in [6.45, 7) is 2.35. The second kappa shape index (κ2) is 6.48. The first-order valence-corrected chi connectivity index (χ1v) is 9.79. The van der Waals surface area contributed by atoms with Crippen LogP contribution in [0.15, 0.2) is 35.2 Å². The van der Waals surface area contributed by atoms with E-state index in [1.807, 2.05) is 25.1 Å². The van der Waals surface area contributed by atoms with Crippen molar-refractivity contribution in [3.05, 3.63) is 36.5 Å². The molecule has 3 aliphatic heterocycles. The number of anilines is 2. The number of aromatic nitrogens is 2. The Hall–Kier alpha value is -2.61. The Labute approximate surface area is 163 Å². The fourth-order valence-electron chi connectivity index (χ4n) is 5.10. The second-order valence-electron chi connectivity index (χ2n) is 8.23. The second-order valence-corrected chi connectivity index (χ2v) is 8.23. The highest BCUT2D eigenvalue weighted by atomic mass is 16.5. The quantitative estimate of drug-likeness (QED) is 0.839. The number of carbonyl (C=O) groups is 1. The van der Waals surface area contributed by atoms with Gasteiger partial charge in [-0.15, -0.1) is 0 Å². The molecular weight excluding hydrogens is 358 g/mol. The molecule has 1 amide bonds. The molecule has 8 nitrogen and oxygen atoms in total. The van der Waals surface area contributed by atoms with Crippen molar-refractivity contribution < 1.29 is 13.9 Å².